The van der Waals surface area contributed by atoms with E-state index in [1.54, 1.807) is 0 Å². The zero-order chi connectivity index (χ0) is 74.7. The number of nitrogens with two attached hydrogens (primary N) is 13. The molecule has 1 aliphatic rings. The maximum absolute atomic E-state index is 14.7. The first-order valence-corrected chi connectivity index (χ1v) is 33.4. The van der Waals surface area contributed by atoms with Gasteiger partial charge in [0.15, 0.2) is 29.8 Å². The average molecular weight is 1430 g/mol. The summed E-state index contributed by atoms with van der Waals surface area (Å²) in [7, 11) is 0. The Bertz CT molecular complexity index is 2760. The van der Waals surface area contributed by atoms with Gasteiger partial charge in [-0.05, 0) is 143 Å². The molecule has 37 N–H and O–H groups in total. The van der Waals surface area contributed by atoms with Crippen LogP contribution in [0.4, 0.5) is 0 Å². The number of likely N-dealkylation sites (tertiary alicyclic amines) is 1. The van der Waals surface area contributed by atoms with E-state index in [2.05, 4.69) is 85.4 Å². The minimum absolute atomic E-state index is 0.0222. The Morgan fingerprint density at radius 3 is 0.970 bits per heavy atom. The number of thiol groups is 1. The summed E-state index contributed by atoms with van der Waals surface area (Å²) in [6.07, 6.45) is 0.418. The fourth-order valence-corrected chi connectivity index (χ4v) is 10.1. The van der Waals surface area contributed by atoms with E-state index in [9.17, 15) is 63.0 Å². The first-order chi connectivity index (χ1) is 46.8. The largest absolute Gasteiger partial charge is 0.480 e. The van der Waals surface area contributed by atoms with Crippen molar-refractivity contribution in [3.63, 3.8) is 0 Å². The number of carboxylic acids is 1. The number of aliphatic carboxylic acids is 1. The van der Waals surface area contributed by atoms with Crippen LogP contribution >= 0.6 is 12.6 Å². The highest BCUT2D eigenvalue weighted by Gasteiger charge is 2.40. The molecule has 12 atom stereocenters. The van der Waals surface area contributed by atoms with Gasteiger partial charge in [-0.3, -0.25) is 72.9 Å². The van der Waals surface area contributed by atoms with Gasteiger partial charge in [0.05, 0.1) is 6.10 Å². The Hall–Kier alpha value is -9.29. The Morgan fingerprint density at radius 1 is 0.424 bits per heavy atom. The summed E-state index contributed by atoms with van der Waals surface area (Å²) >= 11 is 4.01. The smallest absolute Gasteiger partial charge is 0.327 e. The number of guanidine groups is 5. The van der Waals surface area contributed by atoms with E-state index in [-0.39, 0.29) is 178 Å². The highest BCUT2D eigenvalue weighted by atomic mass is 32.1. The fourth-order valence-electron chi connectivity index (χ4n) is 9.85. The number of hydrogen-bond acceptors (Lipinski definition) is 21. The molecule has 41 nitrogen and oxygen atoms in total. The molecule has 562 valence electrons. The van der Waals surface area contributed by atoms with Crippen LogP contribution in [0.15, 0.2) is 25.0 Å². The van der Waals surface area contributed by atoms with Crippen LogP contribution in [-0.2, 0) is 52.7 Å². The predicted molar refractivity (Wildman–Crippen MR) is 374 cm³/mol. The molecule has 0 bridgehead atoms. The molecule has 10 amide bonds. The molecule has 0 radical (unpaired) electrons. The molecule has 0 aliphatic carbocycles. The van der Waals surface area contributed by atoms with Crippen molar-refractivity contribution >= 4 is 107 Å². The molecule has 0 unspecified atom stereocenters. The molecule has 0 spiro atoms. The average Bonchev–Trinajstić information content (AvgIpc) is 1.83. The molecule has 42 heteroatoms. The zero-order valence-corrected chi connectivity index (χ0v) is 57.4. The summed E-state index contributed by atoms with van der Waals surface area (Å²) in [5, 5.41) is 43.0. The summed E-state index contributed by atoms with van der Waals surface area (Å²) < 4.78 is 0. The van der Waals surface area contributed by atoms with E-state index in [4.69, 9.17) is 74.5 Å². The lowest BCUT2D eigenvalue weighted by atomic mass is 10.0. The van der Waals surface area contributed by atoms with Crippen LogP contribution in [0.3, 0.4) is 0 Å². The summed E-state index contributed by atoms with van der Waals surface area (Å²) in [5.41, 5.74) is 72.9. The number of carbonyl (C=O) groups excluding carboxylic acids is 10. The highest BCUT2D eigenvalue weighted by Crippen LogP contribution is 2.20. The van der Waals surface area contributed by atoms with Crippen LogP contribution in [0, 0.1) is 0 Å². The first-order valence-electron chi connectivity index (χ1n) is 32.8. The molecule has 0 aromatic rings. The molecule has 1 fully saturated rings. The van der Waals surface area contributed by atoms with Crippen molar-refractivity contribution in [1.82, 2.24) is 52.8 Å². The van der Waals surface area contributed by atoms with Gasteiger partial charge in [0, 0.05) is 45.0 Å². The molecule has 0 aromatic heterocycles. The number of nitrogens with one attached hydrogen (secondary N) is 9. The van der Waals surface area contributed by atoms with E-state index in [1.807, 2.05) is 0 Å². The number of aliphatic hydroxyl groups excluding tert-OH is 1. The van der Waals surface area contributed by atoms with Crippen LogP contribution in [0.25, 0.3) is 0 Å². The van der Waals surface area contributed by atoms with Crippen molar-refractivity contribution in [2.24, 2.45) is 99.5 Å². The molecule has 1 heterocycles. The molecule has 99 heavy (non-hydrogen) atoms. The third-order valence-corrected chi connectivity index (χ3v) is 15.6. The van der Waals surface area contributed by atoms with E-state index in [1.165, 1.54) is 18.7 Å². The number of aliphatic hydroxyl groups is 1. The lowest BCUT2D eigenvalue weighted by Gasteiger charge is -2.29. The highest BCUT2D eigenvalue weighted by molar-refractivity contribution is 7.80. The lowest BCUT2D eigenvalue weighted by molar-refractivity contribution is -0.142. The van der Waals surface area contributed by atoms with Crippen LogP contribution in [0.2, 0.25) is 0 Å². The second-order valence-corrected chi connectivity index (χ2v) is 23.9. The molecule has 0 saturated carbocycles. The van der Waals surface area contributed by atoms with Crippen LogP contribution < -0.4 is 122 Å². The predicted octanol–water partition coefficient (Wildman–Crippen LogP) is -10.4. The summed E-state index contributed by atoms with van der Waals surface area (Å²) in [6, 6.07) is -15.2. The van der Waals surface area contributed by atoms with Crippen molar-refractivity contribution in [2.75, 3.05) is 58.1 Å². The summed E-state index contributed by atoms with van der Waals surface area (Å²) in [5.74, 6) is -11.6. The number of carboxylic acid groups (broad SMARTS) is 1. The number of aliphatic imine (C=N–C) groups is 5. The molecule has 0 aromatic carbocycles. The topological polar surface area (TPSA) is 740 Å². The lowest BCUT2D eigenvalue weighted by Crippen LogP contribution is -2.60. The maximum atomic E-state index is 14.7. The number of unbranched alkanes of at least 4 members (excludes halogenated alkanes) is 2. The monoisotopic (exact) mass is 1430 g/mol. The minimum Gasteiger partial charge on any atom is -0.480 e. The summed E-state index contributed by atoms with van der Waals surface area (Å²) in [6.45, 7) is 3.12. The second kappa shape index (κ2) is 48.4. The standard InChI is InChI=1S/C57H110N28O13S/c1-30(76-43(88)34(15-7-23-71-53(61)62)83-50(95)40-20-12-28-85(40)51(96)41(60)31(2)86)42(87)77-35(16-8-24-72-54(63)64)46(91)80-37(18-10-26-74-56(67)68)48(93)81-36(17-9-25-73-55(65)66)47(92)79-32(13-3-5-21-58)44(89)78-33(14-4-6-22-59)45(90)82-38(19-11-27-75-57(69)70)49(94)84-39(29-99)52(97)98/h30-41,86,99H,3-29,58-60H2,1-2H3,(H,76,88)(H,77,87)(H,78,89)(H,79,92)(H,80,91)(H,81,93)(H,82,90)(H,83,95)(H,84,94)(H,97,98)(H4,61,62,71)(H4,63,64,72)(H4,65,66,73)(H4,67,68,74)(H4,69,70,75)/t30-,31+,32-,33-,34-,35-,36-,37-,38-,39-,40-,41-/m0/s1. The van der Waals surface area contributed by atoms with Crippen LogP contribution in [0.1, 0.15) is 129 Å². The number of nitrogens with zero attached hydrogens (tertiary/aromatic N) is 6. The Labute approximate surface area is 580 Å². The Kier molecular flexibility index (Phi) is 42.9. The minimum atomic E-state index is -1.52. The second-order valence-electron chi connectivity index (χ2n) is 23.5. The van der Waals surface area contributed by atoms with Gasteiger partial charge in [-0.2, -0.15) is 12.6 Å². The number of amides is 10. The maximum Gasteiger partial charge on any atom is 0.327 e. The quantitative estimate of drug-likeness (QED) is 0.0116. The van der Waals surface area contributed by atoms with Crippen molar-refractivity contribution in [2.45, 2.75) is 202 Å². The van der Waals surface area contributed by atoms with Crippen LogP contribution in [0.5, 0.6) is 0 Å². The number of carbonyl (C=O) groups is 11. The number of hydrogen-bond donors (Lipinski definition) is 25. The van der Waals surface area contributed by atoms with E-state index in [0.29, 0.717) is 25.7 Å². The van der Waals surface area contributed by atoms with Crippen molar-refractivity contribution in [3.8, 4) is 0 Å². The van der Waals surface area contributed by atoms with Gasteiger partial charge in [0.25, 0.3) is 0 Å². The van der Waals surface area contributed by atoms with E-state index >= 15 is 0 Å². The van der Waals surface area contributed by atoms with Gasteiger partial charge in [-0.15, -0.1) is 0 Å². The Morgan fingerprint density at radius 2 is 0.697 bits per heavy atom. The van der Waals surface area contributed by atoms with Gasteiger partial charge >= 0.3 is 5.97 Å². The van der Waals surface area contributed by atoms with Crippen molar-refractivity contribution in [1.29, 1.82) is 0 Å². The summed E-state index contributed by atoms with van der Waals surface area (Å²) in [4.78, 5) is 174. The third-order valence-electron chi connectivity index (χ3n) is 15.2. The fraction of sp³-hybridized carbons (Fsp3) is 0.719. The van der Waals surface area contributed by atoms with Gasteiger partial charge in [0.2, 0.25) is 59.1 Å². The van der Waals surface area contributed by atoms with Crippen molar-refractivity contribution < 1.29 is 63.0 Å². The van der Waals surface area contributed by atoms with Gasteiger partial charge < -0.3 is 138 Å². The zero-order valence-electron chi connectivity index (χ0n) is 56.5. The van der Waals surface area contributed by atoms with Gasteiger partial charge in [-0.25, -0.2) is 4.79 Å². The molecular weight excluding hydrogens is 1320 g/mol. The SMILES string of the molecule is C[C@H](NC(=O)[C@H](CCCN=C(N)N)NC(=O)[C@@H]1CCCN1C(=O)[C@@H](N)[C@@H](C)O)C(=O)N[C@@H](CCCN=C(N)N)C(=O)N[C@@H](CCCN=C(N)N)C(=O)N[C@@H](CCCN=C(N)N)C(=O)N[C@@H](CCCCN)C(=O)N[C@@H](CCCCN)C(=O)N[C@@H](CCCN=C(N)N)C(=O)N[C@@H](CS)C(=O)O. The molecular formula is C57H110N28O13S. The van der Waals surface area contributed by atoms with Crippen LogP contribution in [-0.4, -0.2) is 241 Å². The molecule has 1 rings (SSSR count). The number of rotatable bonds is 50. The molecule has 1 saturated heterocycles. The normalized spacial score (nSPS) is 15.8. The third kappa shape index (κ3) is 36.2. The van der Waals surface area contributed by atoms with E-state index < -0.39 is 138 Å². The first kappa shape index (κ1) is 87.7. The van der Waals surface area contributed by atoms with E-state index in [0.717, 1.165) is 0 Å². The van der Waals surface area contributed by atoms with Gasteiger partial charge in [0.1, 0.15) is 66.5 Å². The molecule has 1 aliphatic heterocycles. The Balaban J connectivity index is 3.80. The van der Waals surface area contributed by atoms with Gasteiger partial charge in [-0.1, -0.05) is 0 Å². The van der Waals surface area contributed by atoms with Crippen molar-refractivity contribution in [3.05, 3.63) is 0 Å².